The van der Waals surface area contributed by atoms with Gasteiger partial charge in [-0.05, 0) is 133 Å². The second-order valence-electron chi connectivity index (χ2n) is 12.2. The molecule has 2 aliphatic heterocycles. The lowest BCUT2D eigenvalue weighted by atomic mass is 10.0. The summed E-state index contributed by atoms with van der Waals surface area (Å²) in [7, 11) is 0. The predicted molar refractivity (Wildman–Crippen MR) is 183 cm³/mol. The summed E-state index contributed by atoms with van der Waals surface area (Å²) in [6, 6.07) is 3.98. The molecule has 0 aliphatic carbocycles. The van der Waals surface area contributed by atoms with Gasteiger partial charge in [0.2, 0.25) is 0 Å². The lowest BCUT2D eigenvalue weighted by Crippen LogP contribution is -2.40. The van der Waals surface area contributed by atoms with Crippen molar-refractivity contribution in [2.45, 2.75) is 78.4 Å². The molecule has 0 atom stereocenters. The number of aromatic nitrogens is 2. The van der Waals surface area contributed by atoms with E-state index in [9.17, 15) is 9.59 Å². The van der Waals surface area contributed by atoms with Gasteiger partial charge in [0.1, 0.15) is 11.2 Å². The van der Waals surface area contributed by atoms with Gasteiger partial charge >= 0.3 is 12.2 Å². The Balaban J connectivity index is 0.000000251. The third-order valence-electron chi connectivity index (χ3n) is 5.95. The van der Waals surface area contributed by atoms with Gasteiger partial charge in [0.05, 0.1) is 0 Å². The van der Waals surface area contributed by atoms with Crippen molar-refractivity contribution in [2.24, 2.45) is 0 Å². The fraction of sp³-hybridized carbons (Fsp3) is 0.500. The first-order chi connectivity index (χ1) is 20.0. The van der Waals surface area contributed by atoms with E-state index in [2.05, 4.69) is 70.4 Å². The smallest absolute Gasteiger partial charge is 0.410 e. The number of hydrogen-bond acceptors (Lipinski definition) is 6. The summed E-state index contributed by atoms with van der Waals surface area (Å²) in [6.07, 6.45) is 12.4. The third-order valence-corrected chi connectivity index (χ3v) is 7.25. The lowest BCUT2D eigenvalue weighted by Gasteiger charge is -2.31. The van der Waals surface area contributed by atoms with Crippen LogP contribution < -0.4 is 0 Å². The molecule has 0 radical (unpaired) electrons. The average molecular weight is 787 g/mol. The van der Waals surface area contributed by atoms with Crippen LogP contribution in [0, 0.1) is 0 Å². The first-order valence-corrected chi connectivity index (χ1v) is 16.6. The number of halogens is 3. The molecule has 236 valence electrons. The molecule has 2 fully saturated rings. The van der Waals surface area contributed by atoms with Gasteiger partial charge in [-0.1, -0.05) is 23.8 Å². The molecule has 2 aliphatic rings. The van der Waals surface area contributed by atoms with E-state index in [4.69, 9.17) is 9.47 Å². The van der Waals surface area contributed by atoms with Crippen LogP contribution >= 0.6 is 47.8 Å². The van der Waals surface area contributed by atoms with Crippen LogP contribution in [-0.2, 0) is 9.47 Å². The Morgan fingerprint density at radius 2 is 1.12 bits per heavy atom. The van der Waals surface area contributed by atoms with Crippen molar-refractivity contribution in [3.05, 3.63) is 73.6 Å². The van der Waals surface area contributed by atoms with Gasteiger partial charge in [-0.25, -0.2) is 9.59 Å². The normalized spacial score (nSPS) is 15.4. The molecule has 4 heterocycles. The van der Waals surface area contributed by atoms with Crippen LogP contribution in [0.1, 0.15) is 72.8 Å². The highest BCUT2D eigenvalue weighted by molar-refractivity contribution is 9.11. The van der Waals surface area contributed by atoms with Crippen molar-refractivity contribution in [1.29, 1.82) is 0 Å². The molecule has 0 N–H and O–H groups in total. The van der Waals surface area contributed by atoms with Crippen molar-refractivity contribution < 1.29 is 19.1 Å². The van der Waals surface area contributed by atoms with Gasteiger partial charge in [0.15, 0.2) is 0 Å². The molecule has 4 rings (SSSR count). The molecule has 2 saturated heterocycles. The average Bonchev–Trinajstić information content (AvgIpc) is 2.88. The maximum absolute atomic E-state index is 12.0. The number of carbonyl (C=O) groups is 2. The molecule has 0 aromatic carbocycles. The highest BCUT2D eigenvalue weighted by Crippen LogP contribution is 2.22. The minimum Gasteiger partial charge on any atom is -0.444 e. The summed E-state index contributed by atoms with van der Waals surface area (Å²) >= 11 is 9.96. The van der Waals surface area contributed by atoms with Gasteiger partial charge < -0.3 is 19.3 Å². The van der Waals surface area contributed by atoms with Crippen LogP contribution in [0.25, 0.3) is 6.08 Å². The summed E-state index contributed by atoms with van der Waals surface area (Å²) in [5, 5.41) is 0. The third kappa shape index (κ3) is 15.9. The summed E-state index contributed by atoms with van der Waals surface area (Å²) < 4.78 is 13.6. The van der Waals surface area contributed by atoms with Crippen molar-refractivity contribution >= 4 is 66.1 Å². The van der Waals surface area contributed by atoms with Crippen molar-refractivity contribution in [1.82, 2.24) is 19.8 Å². The van der Waals surface area contributed by atoms with Gasteiger partial charge in [-0.15, -0.1) is 0 Å². The molecular formula is C32H43Br3N4O4. The largest absolute Gasteiger partial charge is 0.444 e. The van der Waals surface area contributed by atoms with Crippen LogP contribution in [0.3, 0.4) is 0 Å². The topological polar surface area (TPSA) is 84.9 Å². The second kappa shape index (κ2) is 17.3. The monoisotopic (exact) mass is 784 g/mol. The summed E-state index contributed by atoms with van der Waals surface area (Å²) in [5.41, 5.74) is 2.82. The van der Waals surface area contributed by atoms with Crippen LogP contribution in [0.2, 0.25) is 0 Å². The van der Waals surface area contributed by atoms with E-state index in [1.807, 2.05) is 59.9 Å². The van der Waals surface area contributed by atoms with Gasteiger partial charge in [-0.2, -0.15) is 0 Å². The van der Waals surface area contributed by atoms with Crippen molar-refractivity contribution in [2.75, 3.05) is 26.2 Å². The fourth-order valence-electron chi connectivity index (χ4n) is 3.91. The summed E-state index contributed by atoms with van der Waals surface area (Å²) in [5.74, 6) is 0. The van der Waals surface area contributed by atoms with E-state index in [-0.39, 0.29) is 12.2 Å². The van der Waals surface area contributed by atoms with Crippen LogP contribution in [0.4, 0.5) is 9.59 Å². The van der Waals surface area contributed by atoms with Crippen LogP contribution in [-0.4, -0.2) is 69.3 Å². The Bertz CT molecular complexity index is 1230. The zero-order chi connectivity index (χ0) is 32.2. The van der Waals surface area contributed by atoms with Gasteiger partial charge in [0, 0.05) is 64.4 Å². The molecule has 0 saturated carbocycles. The zero-order valence-electron chi connectivity index (χ0n) is 26.0. The molecule has 0 spiro atoms. The number of rotatable bonds is 1. The van der Waals surface area contributed by atoms with Crippen molar-refractivity contribution in [3.63, 3.8) is 0 Å². The number of pyridine rings is 2. The Hall–Kier alpha value is -2.24. The predicted octanol–water partition coefficient (Wildman–Crippen LogP) is 9.44. The van der Waals surface area contributed by atoms with Crippen LogP contribution in [0.5, 0.6) is 0 Å². The quantitative estimate of drug-likeness (QED) is 0.268. The Labute approximate surface area is 281 Å². The molecule has 0 bridgehead atoms. The van der Waals surface area contributed by atoms with E-state index < -0.39 is 11.2 Å². The molecule has 2 aromatic rings. The fourth-order valence-corrected chi connectivity index (χ4v) is 5.33. The zero-order valence-corrected chi connectivity index (χ0v) is 30.7. The number of likely N-dealkylation sites (tertiary alicyclic amines) is 2. The van der Waals surface area contributed by atoms with Crippen LogP contribution in [0.15, 0.2) is 68.1 Å². The van der Waals surface area contributed by atoms with E-state index in [1.165, 1.54) is 11.1 Å². The van der Waals surface area contributed by atoms with E-state index >= 15 is 0 Å². The van der Waals surface area contributed by atoms with Gasteiger partial charge in [0.25, 0.3) is 0 Å². The minimum absolute atomic E-state index is 0.204. The molecule has 2 amide bonds. The maximum atomic E-state index is 12.0. The molecule has 8 nitrogen and oxygen atoms in total. The Kier molecular flexibility index (Phi) is 14.9. The number of piperidine rings is 2. The Morgan fingerprint density at radius 1 is 0.721 bits per heavy atom. The molecule has 11 heteroatoms. The lowest BCUT2D eigenvalue weighted by molar-refractivity contribution is 0.0226. The first-order valence-electron chi connectivity index (χ1n) is 14.2. The molecule has 0 unspecified atom stereocenters. The van der Waals surface area contributed by atoms with E-state index in [0.29, 0.717) is 13.1 Å². The van der Waals surface area contributed by atoms with E-state index in [0.717, 1.165) is 57.8 Å². The summed E-state index contributed by atoms with van der Waals surface area (Å²) in [4.78, 5) is 35.2. The number of amides is 2. The number of hydrogen-bond donors (Lipinski definition) is 0. The highest BCUT2D eigenvalue weighted by atomic mass is 79.9. The van der Waals surface area contributed by atoms with E-state index in [1.54, 1.807) is 28.4 Å². The maximum Gasteiger partial charge on any atom is 0.410 e. The molecule has 2 aromatic heterocycles. The van der Waals surface area contributed by atoms with Gasteiger partial charge in [-0.3, -0.25) is 9.97 Å². The minimum atomic E-state index is -0.435. The highest BCUT2D eigenvalue weighted by Gasteiger charge is 2.25. The Morgan fingerprint density at radius 3 is 1.49 bits per heavy atom. The summed E-state index contributed by atoms with van der Waals surface area (Å²) in [6.45, 7) is 18.1. The molecule has 43 heavy (non-hydrogen) atoms. The molecular weight excluding hydrogens is 744 g/mol. The SMILES string of the molecule is Brc1cncc(Br)c1.C=C1CCN(C(=O)OC(C)(C)C)CC1.CC(C)(C)OC(=O)N1CCC(=Cc2cncc(Br)c2)CC1. The number of ether oxygens (including phenoxy) is 2. The second-order valence-corrected chi connectivity index (χ2v) is 15.0. The number of carbonyl (C=O) groups excluding carboxylic acids is 2. The number of nitrogens with zero attached hydrogens (tertiary/aromatic N) is 4. The standard InChI is InChI=1S/C16H21BrN2O2.C11H19NO2.C5H3Br2N/c1-16(2,3)21-15(20)19-6-4-12(5-7-19)8-13-9-14(17)11-18-10-13;1-9-5-7-12(8-6-9)10(13)14-11(2,3)4;6-4-1-5(7)3-8-2-4/h8-11H,4-7H2,1-3H3;1,5-8H2,2-4H3;1-3H. The first kappa shape index (κ1) is 36.9. The van der Waals surface area contributed by atoms with Crippen molar-refractivity contribution in [3.8, 4) is 0 Å².